The van der Waals surface area contributed by atoms with Gasteiger partial charge < -0.3 is 15.4 Å². The van der Waals surface area contributed by atoms with Gasteiger partial charge in [0.05, 0.1) is 6.33 Å². The van der Waals surface area contributed by atoms with Gasteiger partial charge in [-0.25, -0.2) is 15.0 Å². The minimum absolute atomic E-state index is 0.315. The van der Waals surface area contributed by atoms with Gasteiger partial charge in [-0.2, -0.15) is 0 Å². The van der Waals surface area contributed by atoms with Crippen LogP contribution in [0.25, 0.3) is 11.2 Å². The summed E-state index contributed by atoms with van der Waals surface area (Å²) in [6.07, 6.45) is 6.24. The molecule has 0 amide bonds. The predicted molar refractivity (Wildman–Crippen MR) is 75.6 cm³/mol. The van der Waals surface area contributed by atoms with E-state index in [1.165, 1.54) is 0 Å². The van der Waals surface area contributed by atoms with E-state index < -0.39 is 5.60 Å². The van der Waals surface area contributed by atoms with Crippen LogP contribution >= 0.6 is 0 Å². The van der Waals surface area contributed by atoms with Crippen molar-refractivity contribution in [2.24, 2.45) is 7.05 Å². The highest BCUT2D eigenvalue weighted by Crippen LogP contribution is 2.27. The normalized spacial score (nSPS) is 17.7. The molecule has 0 bridgehead atoms. The molecule has 0 spiro atoms. The van der Waals surface area contributed by atoms with Crippen molar-refractivity contribution in [2.45, 2.75) is 37.7 Å². The molecule has 104 valence electrons. The van der Waals surface area contributed by atoms with Crippen molar-refractivity contribution < 1.29 is 5.11 Å². The fourth-order valence-corrected chi connectivity index (χ4v) is 2.52. The summed E-state index contributed by atoms with van der Waals surface area (Å²) in [5, 5.41) is 10.4. The molecular formula is C14H17N5O. The molecule has 0 saturated heterocycles. The number of aromatic nitrogens is 4. The summed E-state index contributed by atoms with van der Waals surface area (Å²) in [6, 6.07) is 0. The molecule has 0 unspecified atom stereocenters. The van der Waals surface area contributed by atoms with E-state index in [4.69, 9.17) is 5.73 Å². The lowest BCUT2D eigenvalue weighted by atomic mass is 9.85. The number of anilines is 1. The van der Waals surface area contributed by atoms with Crippen molar-refractivity contribution in [3.63, 3.8) is 0 Å². The van der Waals surface area contributed by atoms with Gasteiger partial charge in [-0.1, -0.05) is 12.3 Å². The van der Waals surface area contributed by atoms with Gasteiger partial charge in [-0.3, -0.25) is 0 Å². The van der Waals surface area contributed by atoms with E-state index in [-0.39, 0.29) is 0 Å². The highest BCUT2D eigenvalue weighted by Gasteiger charge is 2.26. The minimum atomic E-state index is -0.905. The molecule has 6 nitrogen and oxygen atoms in total. The molecule has 1 saturated carbocycles. The predicted octanol–water partition coefficient (Wildman–Crippen LogP) is 0.992. The van der Waals surface area contributed by atoms with Crippen LogP contribution in [-0.2, 0) is 7.05 Å². The average Bonchev–Trinajstić information content (AvgIpc) is 2.80. The number of rotatable bonds is 0. The zero-order chi connectivity index (χ0) is 14.2. The quantitative estimate of drug-likeness (QED) is 0.697. The molecule has 0 atom stereocenters. The van der Waals surface area contributed by atoms with Gasteiger partial charge in [0.1, 0.15) is 11.1 Å². The third-order valence-corrected chi connectivity index (χ3v) is 3.67. The van der Waals surface area contributed by atoms with Crippen molar-refractivity contribution >= 4 is 17.0 Å². The van der Waals surface area contributed by atoms with Crippen LogP contribution in [0.4, 0.5) is 5.82 Å². The van der Waals surface area contributed by atoms with Crippen LogP contribution in [0.3, 0.4) is 0 Å². The summed E-state index contributed by atoms with van der Waals surface area (Å²) < 4.78 is 1.77. The lowest BCUT2D eigenvalue weighted by Crippen LogP contribution is -2.29. The maximum atomic E-state index is 10.4. The molecule has 20 heavy (non-hydrogen) atoms. The molecule has 3 rings (SSSR count). The first kappa shape index (κ1) is 12.9. The van der Waals surface area contributed by atoms with E-state index in [1.54, 1.807) is 10.9 Å². The lowest BCUT2D eigenvalue weighted by Gasteiger charge is -2.26. The Hall–Kier alpha value is -2.13. The smallest absolute Gasteiger partial charge is 0.209 e. The Morgan fingerprint density at radius 1 is 1.30 bits per heavy atom. The molecule has 6 heteroatoms. The average molecular weight is 271 g/mol. The van der Waals surface area contributed by atoms with E-state index in [9.17, 15) is 5.11 Å². The second kappa shape index (κ2) is 4.76. The third-order valence-electron chi connectivity index (χ3n) is 3.67. The zero-order valence-electron chi connectivity index (χ0n) is 11.4. The van der Waals surface area contributed by atoms with Crippen LogP contribution < -0.4 is 5.73 Å². The molecule has 2 heterocycles. The van der Waals surface area contributed by atoms with Crippen molar-refractivity contribution in [1.29, 1.82) is 0 Å². The highest BCUT2D eigenvalue weighted by molar-refractivity contribution is 5.81. The van der Waals surface area contributed by atoms with Gasteiger partial charge in [-0.15, -0.1) is 0 Å². The third kappa shape index (κ3) is 2.32. The number of nitrogen functional groups attached to an aromatic ring is 1. The Morgan fingerprint density at radius 2 is 2.05 bits per heavy atom. The molecule has 2 aromatic rings. The Bertz CT molecular complexity index is 703. The molecular weight excluding hydrogens is 254 g/mol. The fraction of sp³-hybridized carbons (Fsp3) is 0.500. The van der Waals surface area contributed by atoms with Crippen LogP contribution in [0, 0.1) is 11.8 Å². The van der Waals surface area contributed by atoms with E-state index >= 15 is 0 Å². The molecule has 0 aliphatic heterocycles. The maximum Gasteiger partial charge on any atom is 0.209 e. The van der Waals surface area contributed by atoms with E-state index in [0.717, 1.165) is 19.3 Å². The molecule has 0 aromatic carbocycles. The molecule has 2 aromatic heterocycles. The largest absolute Gasteiger partial charge is 0.382 e. The summed E-state index contributed by atoms with van der Waals surface area (Å²) in [5.74, 6) is 6.42. The molecule has 1 aliphatic rings. The summed E-state index contributed by atoms with van der Waals surface area (Å²) in [4.78, 5) is 12.6. The van der Waals surface area contributed by atoms with Crippen LogP contribution in [-0.4, -0.2) is 30.2 Å². The second-order valence-electron chi connectivity index (χ2n) is 5.30. The van der Waals surface area contributed by atoms with Crippen molar-refractivity contribution in [3.8, 4) is 11.8 Å². The number of nitrogens with two attached hydrogens (primary N) is 1. The Balaban J connectivity index is 1.97. The number of nitrogens with zero attached hydrogens (tertiary/aromatic N) is 4. The lowest BCUT2D eigenvalue weighted by molar-refractivity contribution is 0.0610. The molecule has 3 N–H and O–H groups in total. The van der Waals surface area contributed by atoms with Gasteiger partial charge >= 0.3 is 0 Å². The molecule has 1 aliphatic carbocycles. The Kier molecular flexibility index (Phi) is 3.07. The summed E-state index contributed by atoms with van der Waals surface area (Å²) in [6.45, 7) is 0. The summed E-state index contributed by atoms with van der Waals surface area (Å²) in [5.41, 5.74) is 6.18. The van der Waals surface area contributed by atoms with E-state index in [2.05, 4.69) is 26.8 Å². The standard InChI is InChI=1S/C14H17N5O/c1-19-9-16-11-12(15)17-10(18-13(11)19)5-8-14(20)6-3-2-4-7-14/h9,20H,2-4,6-7H2,1H3,(H2,15,17,18). The molecule has 0 radical (unpaired) electrons. The topological polar surface area (TPSA) is 89.9 Å². The van der Waals surface area contributed by atoms with E-state index in [1.807, 2.05) is 7.05 Å². The number of aliphatic hydroxyl groups is 1. The first-order valence-corrected chi connectivity index (χ1v) is 6.77. The van der Waals surface area contributed by atoms with Crippen LogP contribution in [0.1, 0.15) is 37.9 Å². The van der Waals surface area contributed by atoms with Crippen LogP contribution in [0.15, 0.2) is 6.33 Å². The SMILES string of the molecule is Cn1cnc2c(N)nc(C#CC3(O)CCCCC3)nc21. The van der Waals surface area contributed by atoms with E-state index in [0.29, 0.717) is 35.6 Å². The Morgan fingerprint density at radius 3 is 2.80 bits per heavy atom. The van der Waals surface area contributed by atoms with Crippen LogP contribution in [0.5, 0.6) is 0 Å². The van der Waals surface area contributed by atoms with Gasteiger partial charge in [0.2, 0.25) is 5.82 Å². The fourth-order valence-electron chi connectivity index (χ4n) is 2.52. The monoisotopic (exact) mass is 271 g/mol. The van der Waals surface area contributed by atoms with Crippen molar-refractivity contribution in [2.75, 3.05) is 5.73 Å². The molecule has 1 fully saturated rings. The van der Waals surface area contributed by atoms with Gasteiger partial charge in [0.25, 0.3) is 0 Å². The highest BCUT2D eigenvalue weighted by atomic mass is 16.3. The first-order valence-electron chi connectivity index (χ1n) is 6.77. The summed E-state index contributed by atoms with van der Waals surface area (Å²) >= 11 is 0. The Labute approximate surface area is 117 Å². The number of hydrogen-bond donors (Lipinski definition) is 2. The second-order valence-corrected chi connectivity index (χ2v) is 5.30. The number of hydrogen-bond acceptors (Lipinski definition) is 5. The summed E-state index contributed by atoms with van der Waals surface area (Å²) in [7, 11) is 1.84. The van der Waals surface area contributed by atoms with Crippen molar-refractivity contribution in [3.05, 3.63) is 12.2 Å². The van der Waals surface area contributed by atoms with Crippen molar-refractivity contribution in [1.82, 2.24) is 19.5 Å². The zero-order valence-corrected chi connectivity index (χ0v) is 11.4. The van der Waals surface area contributed by atoms with Gasteiger partial charge in [-0.05, 0) is 31.6 Å². The number of fused-ring (bicyclic) bond motifs is 1. The minimum Gasteiger partial charge on any atom is -0.382 e. The first-order chi connectivity index (χ1) is 9.57. The number of imidazole rings is 1. The number of aryl methyl sites for hydroxylation is 1. The van der Waals surface area contributed by atoms with Crippen LogP contribution in [0.2, 0.25) is 0 Å². The van der Waals surface area contributed by atoms with Gasteiger partial charge in [0.15, 0.2) is 11.5 Å². The maximum absolute atomic E-state index is 10.4. The van der Waals surface area contributed by atoms with Gasteiger partial charge in [0, 0.05) is 7.05 Å².